The summed E-state index contributed by atoms with van der Waals surface area (Å²) >= 11 is 0. The number of nitrogens with one attached hydrogen (secondary N) is 4. The molecular formula is C38H68N6O. The maximum atomic E-state index is 6.77. The van der Waals surface area contributed by atoms with Crippen LogP contribution in [0.1, 0.15) is 180 Å². The number of ether oxygens (including phenoxy) is 1. The smallest absolute Gasteiger partial charge is 0.191 e. The molecule has 6 aliphatic carbocycles. The fourth-order valence-corrected chi connectivity index (χ4v) is 9.25. The van der Waals surface area contributed by atoms with Crippen LogP contribution in [0, 0.1) is 0 Å². The summed E-state index contributed by atoms with van der Waals surface area (Å²) in [5.41, 5.74) is 0. The second-order valence-corrected chi connectivity index (χ2v) is 15.9. The molecule has 0 saturated heterocycles. The minimum absolute atomic E-state index is 0.416. The minimum atomic E-state index is 0.416. The van der Waals surface area contributed by atoms with Crippen molar-refractivity contribution in [1.82, 2.24) is 21.3 Å². The van der Waals surface area contributed by atoms with Crippen LogP contribution in [-0.2, 0) is 4.74 Å². The number of guanidine groups is 2. The minimum Gasteiger partial charge on any atom is -0.375 e. The molecule has 0 bridgehead atoms. The predicted molar refractivity (Wildman–Crippen MR) is 188 cm³/mol. The lowest BCUT2D eigenvalue weighted by Gasteiger charge is -2.34. The summed E-state index contributed by atoms with van der Waals surface area (Å²) in [7, 11) is 0. The van der Waals surface area contributed by atoms with Gasteiger partial charge in [-0.15, -0.1) is 0 Å². The van der Waals surface area contributed by atoms with Crippen molar-refractivity contribution in [2.24, 2.45) is 9.98 Å². The zero-order chi connectivity index (χ0) is 30.5. The molecule has 0 aromatic rings. The molecule has 6 rings (SSSR count). The van der Waals surface area contributed by atoms with Gasteiger partial charge in [0, 0.05) is 24.2 Å². The molecule has 0 amide bonds. The van der Waals surface area contributed by atoms with E-state index < -0.39 is 0 Å². The highest BCUT2D eigenvalue weighted by Crippen LogP contribution is 2.30. The lowest BCUT2D eigenvalue weighted by Crippen LogP contribution is -2.49. The van der Waals surface area contributed by atoms with Crippen molar-refractivity contribution in [2.45, 2.75) is 228 Å². The molecule has 0 radical (unpaired) electrons. The SMILES string of the molecule is C1CCC(NC(=NC2CCC(OC3CCC(N=C(NC4CCCCC4)NC4CCCCC4)CC3)CC2)NC2CCCCC2)CC1. The van der Waals surface area contributed by atoms with Gasteiger partial charge in [0.05, 0.1) is 24.3 Å². The molecule has 0 aliphatic heterocycles. The predicted octanol–water partition coefficient (Wildman–Crippen LogP) is 8.03. The fourth-order valence-electron chi connectivity index (χ4n) is 9.25. The number of nitrogens with zero attached hydrogens (tertiary/aromatic N) is 2. The van der Waals surface area contributed by atoms with Crippen molar-refractivity contribution in [2.75, 3.05) is 0 Å². The van der Waals surface area contributed by atoms with Gasteiger partial charge in [0.25, 0.3) is 0 Å². The number of hydrogen-bond acceptors (Lipinski definition) is 3. The van der Waals surface area contributed by atoms with E-state index in [9.17, 15) is 0 Å². The first-order valence-electron chi connectivity index (χ1n) is 20.1. The van der Waals surface area contributed by atoms with E-state index in [1.54, 1.807) is 0 Å². The third kappa shape index (κ3) is 11.3. The second-order valence-electron chi connectivity index (χ2n) is 15.9. The van der Waals surface area contributed by atoms with Crippen LogP contribution in [-0.4, -0.2) is 60.4 Å². The summed E-state index contributed by atoms with van der Waals surface area (Å²) < 4.78 is 6.77. The molecule has 0 atom stereocenters. The van der Waals surface area contributed by atoms with E-state index >= 15 is 0 Å². The Hall–Kier alpha value is -1.50. The van der Waals surface area contributed by atoms with Gasteiger partial charge in [-0.05, 0) is 103 Å². The highest BCUT2D eigenvalue weighted by Gasteiger charge is 2.29. The molecule has 0 heterocycles. The zero-order valence-electron chi connectivity index (χ0n) is 28.7. The third-order valence-electron chi connectivity index (χ3n) is 12.1. The monoisotopic (exact) mass is 625 g/mol. The van der Waals surface area contributed by atoms with Gasteiger partial charge >= 0.3 is 0 Å². The highest BCUT2D eigenvalue weighted by atomic mass is 16.5. The highest BCUT2D eigenvalue weighted by molar-refractivity contribution is 5.81. The van der Waals surface area contributed by atoms with E-state index in [-0.39, 0.29) is 0 Å². The Morgan fingerprint density at radius 3 is 0.867 bits per heavy atom. The quantitative estimate of drug-likeness (QED) is 0.162. The number of rotatable bonds is 8. The Bertz CT molecular complexity index is 768. The molecule has 6 fully saturated rings. The van der Waals surface area contributed by atoms with Gasteiger partial charge in [-0.2, -0.15) is 0 Å². The Kier molecular flexibility index (Phi) is 13.5. The molecule has 45 heavy (non-hydrogen) atoms. The van der Waals surface area contributed by atoms with Crippen molar-refractivity contribution in [3.63, 3.8) is 0 Å². The lowest BCUT2D eigenvalue weighted by atomic mass is 9.90. The van der Waals surface area contributed by atoms with Crippen LogP contribution in [0.4, 0.5) is 0 Å². The standard InChI is InChI=1S/C38H68N6O/c1-5-13-29(14-6-1)39-37(40-30-15-7-2-8-16-30)43-33-21-25-35(26-22-33)45-36-27-23-34(24-28-36)44-38(41-31-17-9-3-10-18-31)42-32-19-11-4-12-20-32/h29-36H,1-28H2,(H2,39,40,43)(H2,41,42,44). The van der Waals surface area contributed by atoms with Crippen LogP contribution < -0.4 is 21.3 Å². The van der Waals surface area contributed by atoms with Crippen molar-refractivity contribution in [3.8, 4) is 0 Å². The summed E-state index contributed by atoms with van der Waals surface area (Å²) in [6, 6.07) is 3.29. The Morgan fingerprint density at radius 1 is 0.333 bits per heavy atom. The van der Waals surface area contributed by atoms with Gasteiger partial charge in [-0.25, -0.2) is 9.98 Å². The van der Waals surface area contributed by atoms with Gasteiger partial charge in [-0.1, -0.05) is 77.0 Å². The van der Waals surface area contributed by atoms with Crippen LogP contribution in [0.25, 0.3) is 0 Å². The molecule has 7 nitrogen and oxygen atoms in total. The van der Waals surface area contributed by atoms with E-state index in [0.717, 1.165) is 63.3 Å². The van der Waals surface area contributed by atoms with Gasteiger partial charge < -0.3 is 26.0 Å². The number of hydrogen-bond donors (Lipinski definition) is 4. The number of aliphatic imine (C=N–C) groups is 2. The van der Waals surface area contributed by atoms with Gasteiger partial charge in [-0.3, -0.25) is 0 Å². The topological polar surface area (TPSA) is 82.1 Å². The van der Waals surface area contributed by atoms with Crippen molar-refractivity contribution in [3.05, 3.63) is 0 Å². The van der Waals surface area contributed by atoms with E-state index in [4.69, 9.17) is 14.7 Å². The van der Waals surface area contributed by atoms with Crippen LogP contribution in [0.2, 0.25) is 0 Å². The lowest BCUT2D eigenvalue weighted by molar-refractivity contribution is -0.0484. The van der Waals surface area contributed by atoms with Gasteiger partial charge in [0.2, 0.25) is 0 Å². The maximum absolute atomic E-state index is 6.77. The first-order chi connectivity index (χ1) is 22.2. The summed E-state index contributed by atoms with van der Waals surface area (Å²) in [6.07, 6.45) is 37.0. The Balaban J connectivity index is 0.950. The maximum Gasteiger partial charge on any atom is 0.191 e. The van der Waals surface area contributed by atoms with E-state index in [2.05, 4.69) is 21.3 Å². The van der Waals surface area contributed by atoms with Crippen molar-refractivity contribution >= 4 is 11.9 Å². The largest absolute Gasteiger partial charge is 0.375 e. The van der Waals surface area contributed by atoms with E-state index in [1.165, 1.54) is 128 Å². The third-order valence-corrected chi connectivity index (χ3v) is 12.1. The molecule has 0 aromatic carbocycles. The Labute approximate surface area is 275 Å². The van der Waals surface area contributed by atoms with Crippen LogP contribution >= 0.6 is 0 Å². The van der Waals surface area contributed by atoms with Crippen molar-refractivity contribution in [1.29, 1.82) is 0 Å². The molecule has 256 valence electrons. The van der Waals surface area contributed by atoms with Crippen molar-refractivity contribution < 1.29 is 4.74 Å². The first kappa shape index (κ1) is 33.4. The molecule has 0 aromatic heterocycles. The van der Waals surface area contributed by atoms with E-state index in [0.29, 0.717) is 48.5 Å². The van der Waals surface area contributed by atoms with E-state index in [1.807, 2.05) is 0 Å². The summed E-state index contributed by atoms with van der Waals surface area (Å²) in [6.45, 7) is 0. The van der Waals surface area contributed by atoms with Gasteiger partial charge in [0.1, 0.15) is 0 Å². The Morgan fingerprint density at radius 2 is 0.600 bits per heavy atom. The average Bonchev–Trinajstić information content (AvgIpc) is 3.08. The summed E-state index contributed by atoms with van der Waals surface area (Å²) in [5.74, 6) is 2.24. The average molecular weight is 625 g/mol. The van der Waals surface area contributed by atoms with Crippen LogP contribution in [0.3, 0.4) is 0 Å². The summed E-state index contributed by atoms with van der Waals surface area (Å²) in [4.78, 5) is 10.7. The van der Waals surface area contributed by atoms with Crippen LogP contribution in [0.5, 0.6) is 0 Å². The zero-order valence-corrected chi connectivity index (χ0v) is 28.7. The molecule has 0 unspecified atom stereocenters. The second kappa shape index (κ2) is 18.2. The molecule has 4 N–H and O–H groups in total. The normalized spacial score (nSPS) is 31.5. The first-order valence-corrected chi connectivity index (χ1v) is 20.1. The molecule has 0 spiro atoms. The van der Waals surface area contributed by atoms with Crippen LogP contribution in [0.15, 0.2) is 9.98 Å². The fraction of sp³-hybridized carbons (Fsp3) is 0.947. The van der Waals surface area contributed by atoms with Gasteiger partial charge in [0.15, 0.2) is 11.9 Å². The molecule has 7 heteroatoms. The molecular weight excluding hydrogens is 556 g/mol. The summed E-state index contributed by atoms with van der Waals surface area (Å²) in [5, 5.41) is 15.5. The molecule has 6 saturated carbocycles. The molecule has 6 aliphatic rings.